The number of nitrogens with zero attached hydrogens (tertiary/aromatic N) is 1. The van der Waals surface area contributed by atoms with Crippen LogP contribution in [-0.2, 0) is 10.0 Å². The summed E-state index contributed by atoms with van der Waals surface area (Å²) in [5, 5.41) is 2.76. The normalized spacial score (nSPS) is 14.7. The number of piperidine rings is 1. The van der Waals surface area contributed by atoms with Gasteiger partial charge in [-0.05, 0) is 50.1 Å². The van der Waals surface area contributed by atoms with Gasteiger partial charge in [-0.3, -0.25) is 4.79 Å². The number of amides is 1. The van der Waals surface area contributed by atoms with E-state index in [0.717, 1.165) is 24.8 Å². The van der Waals surface area contributed by atoms with Crippen molar-refractivity contribution >= 4 is 21.6 Å². The van der Waals surface area contributed by atoms with Crippen LogP contribution in [0, 0.1) is 6.92 Å². The molecule has 9 heteroatoms. The van der Waals surface area contributed by atoms with Crippen molar-refractivity contribution in [2.45, 2.75) is 31.1 Å². The topological polar surface area (TPSA) is 94.2 Å². The van der Waals surface area contributed by atoms with Crippen LogP contribution < -0.4 is 19.5 Å². The van der Waals surface area contributed by atoms with Gasteiger partial charge in [0.1, 0.15) is 22.1 Å². The molecular formula is C22H28N2O6S. The highest BCUT2D eigenvalue weighted by Crippen LogP contribution is 2.32. The summed E-state index contributed by atoms with van der Waals surface area (Å²) in [4.78, 5) is 12.9. The van der Waals surface area contributed by atoms with E-state index in [1.165, 1.54) is 31.7 Å². The van der Waals surface area contributed by atoms with E-state index >= 15 is 0 Å². The van der Waals surface area contributed by atoms with Crippen molar-refractivity contribution in [2.24, 2.45) is 0 Å². The first-order valence-corrected chi connectivity index (χ1v) is 11.5. The van der Waals surface area contributed by atoms with Gasteiger partial charge in [0.25, 0.3) is 5.91 Å². The summed E-state index contributed by atoms with van der Waals surface area (Å²) in [7, 11) is 0.724. The van der Waals surface area contributed by atoms with Gasteiger partial charge in [0, 0.05) is 29.9 Å². The molecule has 168 valence electrons. The molecule has 0 unspecified atom stereocenters. The lowest BCUT2D eigenvalue weighted by molar-refractivity contribution is 0.102. The SMILES string of the molecule is COc1ccc(NC(=O)c2cc(OC)c(C)c(OC)c2)cc1S(=O)(=O)N1CCCCC1. The van der Waals surface area contributed by atoms with E-state index in [9.17, 15) is 13.2 Å². The number of sulfonamides is 1. The molecule has 2 aromatic carbocycles. The molecule has 1 saturated heterocycles. The maximum Gasteiger partial charge on any atom is 0.255 e. The first-order valence-electron chi connectivity index (χ1n) is 10.0. The van der Waals surface area contributed by atoms with Gasteiger partial charge >= 0.3 is 0 Å². The fourth-order valence-corrected chi connectivity index (χ4v) is 5.32. The molecule has 1 N–H and O–H groups in total. The fourth-order valence-electron chi connectivity index (χ4n) is 3.62. The van der Waals surface area contributed by atoms with Crippen molar-refractivity contribution in [3.05, 3.63) is 41.5 Å². The maximum absolute atomic E-state index is 13.2. The Kier molecular flexibility index (Phi) is 7.07. The number of nitrogens with one attached hydrogen (secondary N) is 1. The van der Waals surface area contributed by atoms with Gasteiger partial charge in [0.2, 0.25) is 10.0 Å². The molecule has 0 spiro atoms. The number of hydrogen-bond acceptors (Lipinski definition) is 6. The summed E-state index contributed by atoms with van der Waals surface area (Å²) in [5.74, 6) is 0.866. The maximum atomic E-state index is 13.2. The lowest BCUT2D eigenvalue weighted by atomic mass is 10.1. The van der Waals surface area contributed by atoms with Gasteiger partial charge in [-0.25, -0.2) is 8.42 Å². The minimum absolute atomic E-state index is 0.0359. The Balaban J connectivity index is 1.92. The van der Waals surface area contributed by atoms with Crippen LogP contribution >= 0.6 is 0 Å². The third-order valence-corrected chi connectivity index (χ3v) is 7.29. The second-order valence-electron chi connectivity index (χ2n) is 7.29. The standard InChI is InChI=1S/C22H28N2O6S/c1-15-19(29-3)12-16(13-20(15)30-4)22(25)23-17-8-9-18(28-2)21(14-17)31(26,27)24-10-6-5-7-11-24/h8-9,12-14H,5-7,10-11H2,1-4H3,(H,23,25). The van der Waals surface area contributed by atoms with Crippen LogP contribution in [0.5, 0.6) is 17.2 Å². The Hall–Kier alpha value is -2.78. The zero-order valence-electron chi connectivity index (χ0n) is 18.2. The summed E-state index contributed by atoms with van der Waals surface area (Å²) in [6.45, 7) is 2.79. The third-order valence-electron chi connectivity index (χ3n) is 5.37. The third kappa shape index (κ3) is 4.77. The largest absolute Gasteiger partial charge is 0.496 e. The van der Waals surface area contributed by atoms with E-state index in [1.54, 1.807) is 24.3 Å². The highest BCUT2D eigenvalue weighted by atomic mass is 32.2. The molecule has 0 atom stereocenters. The molecule has 0 bridgehead atoms. The molecule has 0 aromatic heterocycles. The number of methoxy groups -OCH3 is 3. The first-order chi connectivity index (χ1) is 14.8. The van der Waals surface area contributed by atoms with Gasteiger partial charge in [-0.2, -0.15) is 4.31 Å². The number of hydrogen-bond donors (Lipinski definition) is 1. The summed E-state index contributed by atoms with van der Waals surface area (Å²) in [6, 6.07) is 7.81. The molecule has 1 amide bonds. The molecule has 0 aliphatic carbocycles. The minimum atomic E-state index is -3.74. The zero-order valence-corrected chi connectivity index (χ0v) is 19.0. The van der Waals surface area contributed by atoms with Crippen molar-refractivity contribution in [1.29, 1.82) is 0 Å². The zero-order chi connectivity index (χ0) is 22.6. The van der Waals surface area contributed by atoms with Gasteiger partial charge < -0.3 is 19.5 Å². The molecule has 31 heavy (non-hydrogen) atoms. The van der Waals surface area contributed by atoms with Gasteiger partial charge in [0.15, 0.2) is 0 Å². The average Bonchev–Trinajstić information content (AvgIpc) is 2.79. The molecule has 1 aliphatic heterocycles. The molecule has 0 saturated carbocycles. The summed E-state index contributed by atoms with van der Waals surface area (Å²) < 4.78 is 43.8. The number of carbonyl (C=O) groups excluding carboxylic acids is 1. The smallest absolute Gasteiger partial charge is 0.255 e. The fraction of sp³-hybridized carbons (Fsp3) is 0.409. The quantitative estimate of drug-likeness (QED) is 0.697. The van der Waals surface area contributed by atoms with Crippen LogP contribution in [-0.4, -0.2) is 53.0 Å². The van der Waals surface area contributed by atoms with Crippen LogP contribution in [0.2, 0.25) is 0 Å². The summed E-state index contributed by atoms with van der Waals surface area (Å²) >= 11 is 0. The van der Waals surface area contributed by atoms with E-state index in [-0.39, 0.29) is 10.6 Å². The Bertz CT molecular complexity index is 1040. The van der Waals surface area contributed by atoms with Crippen molar-refractivity contribution in [3.8, 4) is 17.2 Å². The average molecular weight is 449 g/mol. The molecule has 1 heterocycles. The molecule has 2 aromatic rings. The van der Waals surface area contributed by atoms with E-state index in [0.29, 0.717) is 35.8 Å². The van der Waals surface area contributed by atoms with Crippen LogP contribution in [0.4, 0.5) is 5.69 Å². The van der Waals surface area contributed by atoms with E-state index in [2.05, 4.69) is 5.32 Å². The van der Waals surface area contributed by atoms with E-state index in [4.69, 9.17) is 14.2 Å². The Morgan fingerprint density at radius 3 is 2.03 bits per heavy atom. The molecule has 3 rings (SSSR count). The number of anilines is 1. The number of rotatable bonds is 7. The summed E-state index contributed by atoms with van der Waals surface area (Å²) in [5.41, 5.74) is 1.45. The predicted molar refractivity (Wildman–Crippen MR) is 118 cm³/mol. The lowest BCUT2D eigenvalue weighted by Gasteiger charge is -2.26. The molecule has 0 radical (unpaired) electrons. The van der Waals surface area contributed by atoms with Crippen LogP contribution in [0.1, 0.15) is 35.2 Å². The van der Waals surface area contributed by atoms with Crippen molar-refractivity contribution < 1.29 is 27.4 Å². The monoisotopic (exact) mass is 448 g/mol. The number of benzene rings is 2. The minimum Gasteiger partial charge on any atom is -0.496 e. The van der Waals surface area contributed by atoms with Crippen molar-refractivity contribution in [2.75, 3.05) is 39.7 Å². The molecule has 8 nitrogen and oxygen atoms in total. The van der Waals surface area contributed by atoms with Crippen LogP contribution in [0.3, 0.4) is 0 Å². The van der Waals surface area contributed by atoms with E-state index < -0.39 is 15.9 Å². The Morgan fingerprint density at radius 1 is 0.903 bits per heavy atom. The molecule has 1 fully saturated rings. The van der Waals surface area contributed by atoms with Crippen molar-refractivity contribution in [3.63, 3.8) is 0 Å². The van der Waals surface area contributed by atoms with Crippen LogP contribution in [0.15, 0.2) is 35.2 Å². The highest BCUT2D eigenvalue weighted by Gasteiger charge is 2.29. The molecule has 1 aliphatic rings. The molecular weight excluding hydrogens is 420 g/mol. The Labute approximate surface area is 183 Å². The van der Waals surface area contributed by atoms with Crippen LogP contribution in [0.25, 0.3) is 0 Å². The second kappa shape index (κ2) is 9.57. The van der Waals surface area contributed by atoms with Crippen molar-refractivity contribution in [1.82, 2.24) is 4.31 Å². The second-order valence-corrected chi connectivity index (χ2v) is 9.20. The highest BCUT2D eigenvalue weighted by molar-refractivity contribution is 7.89. The Morgan fingerprint density at radius 2 is 1.48 bits per heavy atom. The first kappa shape index (κ1) is 22.9. The predicted octanol–water partition coefficient (Wildman–Crippen LogP) is 3.45. The lowest BCUT2D eigenvalue weighted by Crippen LogP contribution is -2.35. The van der Waals surface area contributed by atoms with E-state index in [1.807, 2.05) is 6.92 Å². The van der Waals surface area contributed by atoms with Gasteiger partial charge in [-0.1, -0.05) is 6.42 Å². The summed E-state index contributed by atoms with van der Waals surface area (Å²) in [6.07, 6.45) is 2.67. The number of carbonyl (C=O) groups is 1. The van der Waals surface area contributed by atoms with Gasteiger partial charge in [-0.15, -0.1) is 0 Å². The van der Waals surface area contributed by atoms with Gasteiger partial charge in [0.05, 0.1) is 21.3 Å². The number of ether oxygens (including phenoxy) is 3.